The van der Waals surface area contributed by atoms with Gasteiger partial charge in [-0.15, -0.1) is 0 Å². The Balaban J connectivity index is 1.75. The van der Waals surface area contributed by atoms with Crippen LogP contribution in [0.3, 0.4) is 0 Å². The number of nitrogens with one attached hydrogen (secondary N) is 1. The molecule has 0 saturated heterocycles. The first kappa shape index (κ1) is 14.7. The Morgan fingerprint density at radius 2 is 2.14 bits per heavy atom. The van der Waals surface area contributed by atoms with Crippen LogP contribution in [0, 0.1) is 0 Å². The third-order valence-corrected chi connectivity index (χ3v) is 6.31. The highest BCUT2D eigenvalue weighted by Gasteiger charge is 2.29. The molecule has 112 valence electrons. The standard InChI is InChI=1S/C15H17NO3S2/c17-14(11-5-7-20-10-11)9-16-13-6-8-21(18,19)15-4-2-1-3-12(13)15/h1-5,7,10,13-14,16-17H,6,8-9H2. The summed E-state index contributed by atoms with van der Waals surface area (Å²) in [6, 6.07) is 8.98. The van der Waals surface area contributed by atoms with Crippen LogP contribution in [0.25, 0.3) is 0 Å². The molecule has 2 heterocycles. The highest BCUT2D eigenvalue weighted by atomic mass is 32.2. The summed E-state index contributed by atoms with van der Waals surface area (Å²) in [5, 5.41) is 17.3. The zero-order chi connectivity index (χ0) is 14.9. The number of aliphatic hydroxyl groups excluding tert-OH is 1. The molecule has 0 radical (unpaired) electrons. The molecule has 0 spiro atoms. The highest BCUT2D eigenvalue weighted by Crippen LogP contribution is 2.32. The fourth-order valence-corrected chi connectivity index (χ4v) is 4.97. The van der Waals surface area contributed by atoms with Crippen molar-refractivity contribution in [1.29, 1.82) is 0 Å². The second-order valence-electron chi connectivity index (χ2n) is 5.18. The van der Waals surface area contributed by atoms with Crippen LogP contribution in [0.5, 0.6) is 0 Å². The van der Waals surface area contributed by atoms with Gasteiger partial charge in [0.15, 0.2) is 9.84 Å². The normalized spacial score (nSPS) is 21.7. The Kier molecular flexibility index (Phi) is 4.12. The molecule has 1 aliphatic heterocycles. The summed E-state index contributed by atoms with van der Waals surface area (Å²) in [4.78, 5) is 0.416. The zero-order valence-corrected chi connectivity index (χ0v) is 13.0. The number of thiophene rings is 1. The molecule has 6 heteroatoms. The van der Waals surface area contributed by atoms with Gasteiger partial charge in [0.25, 0.3) is 0 Å². The smallest absolute Gasteiger partial charge is 0.178 e. The average molecular weight is 323 g/mol. The van der Waals surface area contributed by atoms with Crippen molar-refractivity contribution in [3.8, 4) is 0 Å². The second-order valence-corrected chi connectivity index (χ2v) is 8.04. The predicted molar refractivity (Wildman–Crippen MR) is 83.1 cm³/mol. The molecular weight excluding hydrogens is 306 g/mol. The van der Waals surface area contributed by atoms with Crippen molar-refractivity contribution in [3.05, 3.63) is 52.2 Å². The van der Waals surface area contributed by atoms with E-state index in [0.29, 0.717) is 17.9 Å². The van der Waals surface area contributed by atoms with Crippen molar-refractivity contribution in [2.45, 2.75) is 23.5 Å². The van der Waals surface area contributed by atoms with E-state index < -0.39 is 15.9 Å². The number of aliphatic hydroxyl groups is 1. The van der Waals surface area contributed by atoms with Gasteiger partial charge < -0.3 is 10.4 Å². The molecule has 2 aromatic rings. The lowest BCUT2D eigenvalue weighted by Crippen LogP contribution is -2.32. The summed E-state index contributed by atoms with van der Waals surface area (Å²) in [5.74, 6) is 0.149. The van der Waals surface area contributed by atoms with Gasteiger partial charge in [0.1, 0.15) is 0 Å². The quantitative estimate of drug-likeness (QED) is 0.906. The maximum absolute atomic E-state index is 12.1. The van der Waals surface area contributed by atoms with Crippen LogP contribution >= 0.6 is 11.3 Å². The molecule has 0 amide bonds. The first-order valence-electron chi connectivity index (χ1n) is 6.83. The number of benzene rings is 1. The first-order chi connectivity index (χ1) is 10.1. The van der Waals surface area contributed by atoms with Crippen molar-refractivity contribution in [3.63, 3.8) is 0 Å². The summed E-state index contributed by atoms with van der Waals surface area (Å²) in [6.07, 6.45) is -0.0302. The van der Waals surface area contributed by atoms with Crippen molar-refractivity contribution in [2.24, 2.45) is 0 Å². The van der Waals surface area contributed by atoms with Gasteiger partial charge in [-0.3, -0.25) is 0 Å². The lowest BCUT2D eigenvalue weighted by Gasteiger charge is -2.27. The summed E-state index contributed by atoms with van der Waals surface area (Å²) >= 11 is 1.55. The van der Waals surface area contributed by atoms with Gasteiger partial charge in [0.2, 0.25) is 0 Å². The van der Waals surface area contributed by atoms with Gasteiger partial charge in [-0.05, 0) is 40.4 Å². The third kappa shape index (κ3) is 3.03. The predicted octanol–water partition coefficient (Wildman–Crippen LogP) is 2.29. The van der Waals surface area contributed by atoms with E-state index in [1.165, 1.54) is 0 Å². The molecule has 1 aromatic carbocycles. The minimum absolute atomic E-state index is 0.0296. The Morgan fingerprint density at radius 1 is 1.33 bits per heavy atom. The summed E-state index contributed by atoms with van der Waals surface area (Å²) < 4.78 is 24.1. The van der Waals surface area contributed by atoms with Gasteiger partial charge in [-0.25, -0.2) is 8.42 Å². The van der Waals surface area contributed by atoms with Crippen LogP contribution in [0.2, 0.25) is 0 Å². The van der Waals surface area contributed by atoms with Crippen LogP contribution in [-0.4, -0.2) is 25.8 Å². The maximum atomic E-state index is 12.1. The zero-order valence-electron chi connectivity index (χ0n) is 11.4. The first-order valence-corrected chi connectivity index (χ1v) is 9.42. The van der Waals surface area contributed by atoms with E-state index in [9.17, 15) is 13.5 Å². The van der Waals surface area contributed by atoms with E-state index in [4.69, 9.17) is 0 Å². The number of fused-ring (bicyclic) bond motifs is 1. The molecule has 0 fully saturated rings. The topological polar surface area (TPSA) is 66.4 Å². The van der Waals surface area contributed by atoms with Crippen LogP contribution in [-0.2, 0) is 9.84 Å². The van der Waals surface area contributed by atoms with Crippen LogP contribution in [0.4, 0.5) is 0 Å². The Bertz CT molecular complexity index is 710. The Morgan fingerprint density at radius 3 is 2.90 bits per heavy atom. The largest absolute Gasteiger partial charge is 0.387 e. The SMILES string of the molecule is O=S1(=O)CCC(NCC(O)c2ccsc2)c2ccccc21. The van der Waals surface area contributed by atoms with Gasteiger partial charge in [-0.2, -0.15) is 11.3 Å². The number of hydrogen-bond acceptors (Lipinski definition) is 5. The Hall–Kier alpha value is -1.21. The number of sulfone groups is 1. The lowest BCUT2D eigenvalue weighted by atomic mass is 10.0. The monoisotopic (exact) mass is 323 g/mol. The lowest BCUT2D eigenvalue weighted by molar-refractivity contribution is 0.169. The molecule has 0 aliphatic carbocycles. The highest BCUT2D eigenvalue weighted by molar-refractivity contribution is 7.91. The molecule has 2 unspecified atom stereocenters. The van der Waals surface area contributed by atoms with Crippen molar-refractivity contribution in [1.82, 2.24) is 5.32 Å². The van der Waals surface area contributed by atoms with Crippen molar-refractivity contribution in [2.75, 3.05) is 12.3 Å². The molecule has 21 heavy (non-hydrogen) atoms. The summed E-state index contributed by atoms with van der Waals surface area (Å²) in [6.45, 7) is 0.412. The van der Waals surface area contributed by atoms with Crippen molar-refractivity contribution >= 4 is 21.2 Å². The van der Waals surface area contributed by atoms with E-state index in [1.807, 2.05) is 29.0 Å². The van der Waals surface area contributed by atoms with Crippen molar-refractivity contribution < 1.29 is 13.5 Å². The average Bonchev–Trinajstić information content (AvgIpc) is 3.01. The minimum atomic E-state index is -3.16. The van der Waals surface area contributed by atoms with E-state index in [1.54, 1.807) is 23.5 Å². The fraction of sp³-hybridized carbons (Fsp3) is 0.333. The molecule has 2 atom stereocenters. The van der Waals surface area contributed by atoms with Crippen LogP contribution in [0.15, 0.2) is 46.0 Å². The number of hydrogen-bond donors (Lipinski definition) is 2. The molecule has 0 bridgehead atoms. The second kappa shape index (κ2) is 5.88. The van der Waals surface area contributed by atoms with Gasteiger partial charge in [0.05, 0.1) is 16.8 Å². The molecule has 1 aromatic heterocycles. The molecule has 2 N–H and O–H groups in total. The molecule has 3 rings (SSSR count). The third-order valence-electron chi connectivity index (χ3n) is 3.79. The molecule has 0 saturated carbocycles. The van der Waals surface area contributed by atoms with Gasteiger partial charge >= 0.3 is 0 Å². The molecule has 1 aliphatic rings. The number of rotatable bonds is 4. The van der Waals surface area contributed by atoms with Gasteiger partial charge in [0, 0.05) is 12.6 Å². The molecular formula is C15H17NO3S2. The van der Waals surface area contributed by atoms with E-state index in [0.717, 1.165) is 11.1 Å². The molecule has 4 nitrogen and oxygen atoms in total. The van der Waals surface area contributed by atoms with E-state index in [-0.39, 0.29) is 11.8 Å². The summed E-state index contributed by atoms with van der Waals surface area (Å²) in [5.41, 5.74) is 1.70. The van der Waals surface area contributed by atoms with Gasteiger partial charge in [-0.1, -0.05) is 18.2 Å². The van der Waals surface area contributed by atoms with Crippen LogP contribution < -0.4 is 5.32 Å². The van der Waals surface area contributed by atoms with E-state index >= 15 is 0 Å². The van der Waals surface area contributed by atoms with Crippen LogP contribution in [0.1, 0.15) is 29.7 Å². The fourth-order valence-electron chi connectivity index (χ4n) is 2.64. The Labute approximate surface area is 128 Å². The van der Waals surface area contributed by atoms with E-state index in [2.05, 4.69) is 5.32 Å². The summed E-state index contributed by atoms with van der Waals surface area (Å²) in [7, 11) is -3.16. The maximum Gasteiger partial charge on any atom is 0.178 e. The minimum Gasteiger partial charge on any atom is -0.387 e.